The molecule has 7 heteroatoms. The van der Waals surface area contributed by atoms with Crippen LogP contribution in [0.15, 0.2) is 71.3 Å². The van der Waals surface area contributed by atoms with Crippen molar-refractivity contribution in [2.45, 2.75) is 19.3 Å². The van der Waals surface area contributed by atoms with Crippen molar-refractivity contribution in [3.63, 3.8) is 0 Å². The molecular formula is C26H29N3O4. The number of benzene rings is 2. The van der Waals surface area contributed by atoms with Crippen LogP contribution in [0, 0.1) is 5.41 Å². The van der Waals surface area contributed by atoms with Gasteiger partial charge >= 0.3 is 0 Å². The minimum Gasteiger partial charge on any atom is -0.484 e. The van der Waals surface area contributed by atoms with Crippen molar-refractivity contribution in [3.05, 3.63) is 72.5 Å². The number of hydrogen-bond acceptors (Lipinski definition) is 5. The average molecular weight is 448 g/mol. The predicted molar refractivity (Wildman–Crippen MR) is 125 cm³/mol. The van der Waals surface area contributed by atoms with E-state index in [0.717, 1.165) is 17.7 Å². The number of aromatic nitrogens is 1. The molecule has 0 N–H and O–H groups in total. The molecule has 2 heterocycles. The van der Waals surface area contributed by atoms with Gasteiger partial charge in [0, 0.05) is 45.2 Å². The van der Waals surface area contributed by atoms with Gasteiger partial charge in [-0.2, -0.15) is 0 Å². The van der Waals surface area contributed by atoms with Crippen LogP contribution in [0.25, 0.3) is 11.3 Å². The van der Waals surface area contributed by atoms with Gasteiger partial charge in [-0.25, -0.2) is 0 Å². The molecule has 1 aliphatic rings. The van der Waals surface area contributed by atoms with E-state index in [0.29, 0.717) is 37.4 Å². The number of rotatable bonds is 7. The molecule has 1 atom stereocenters. The van der Waals surface area contributed by atoms with E-state index < -0.39 is 5.41 Å². The lowest BCUT2D eigenvalue weighted by atomic mass is 9.75. The Hall–Kier alpha value is -3.61. The first-order chi connectivity index (χ1) is 16.0. The third-order valence-corrected chi connectivity index (χ3v) is 6.04. The van der Waals surface area contributed by atoms with E-state index in [1.807, 2.05) is 66.7 Å². The van der Waals surface area contributed by atoms with Crippen molar-refractivity contribution < 1.29 is 18.8 Å². The molecule has 0 radical (unpaired) electrons. The molecule has 1 fully saturated rings. The maximum absolute atomic E-state index is 13.3. The van der Waals surface area contributed by atoms with Crippen molar-refractivity contribution >= 4 is 11.8 Å². The summed E-state index contributed by atoms with van der Waals surface area (Å²) in [6, 6.07) is 20.9. The van der Waals surface area contributed by atoms with E-state index in [2.05, 4.69) is 5.16 Å². The predicted octanol–water partition coefficient (Wildman–Crippen LogP) is 3.66. The number of para-hydroxylation sites is 1. The Kier molecular flexibility index (Phi) is 6.77. The smallest absolute Gasteiger partial charge is 0.260 e. The Balaban J connectivity index is 1.51. The molecule has 2 amide bonds. The lowest BCUT2D eigenvalue weighted by molar-refractivity contribution is -0.148. The van der Waals surface area contributed by atoms with Gasteiger partial charge in [0.1, 0.15) is 17.2 Å². The summed E-state index contributed by atoms with van der Waals surface area (Å²) in [6.45, 7) is 0.865. The van der Waals surface area contributed by atoms with Crippen molar-refractivity contribution in [1.29, 1.82) is 0 Å². The molecule has 33 heavy (non-hydrogen) atoms. The molecule has 172 valence electrons. The molecule has 0 spiro atoms. The first kappa shape index (κ1) is 22.6. The molecule has 7 nitrogen and oxygen atoms in total. The summed E-state index contributed by atoms with van der Waals surface area (Å²) >= 11 is 0. The summed E-state index contributed by atoms with van der Waals surface area (Å²) in [6.07, 6.45) is 1.79. The zero-order valence-corrected chi connectivity index (χ0v) is 19.1. The van der Waals surface area contributed by atoms with E-state index in [-0.39, 0.29) is 18.4 Å². The van der Waals surface area contributed by atoms with Gasteiger partial charge in [0.2, 0.25) is 5.91 Å². The fraction of sp³-hybridized carbons (Fsp3) is 0.346. The second-order valence-corrected chi connectivity index (χ2v) is 8.72. The van der Waals surface area contributed by atoms with E-state index >= 15 is 0 Å². The molecule has 3 aromatic rings. The van der Waals surface area contributed by atoms with Crippen molar-refractivity contribution in [2.24, 2.45) is 5.41 Å². The standard InChI is InChI=1S/C26H29N3O4/c1-28(2)25(31)26(17-22-16-23(27-33-22)20-10-5-3-6-11-20)14-9-15-29(19-26)24(30)18-32-21-12-7-4-8-13-21/h3-8,10-13,16H,9,14-15,17-19H2,1-2H3. The number of nitrogens with zero attached hydrogens (tertiary/aromatic N) is 3. The Morgan fingerprint density at radius 1 is 1.09 bits per heavy atom. The second kappa shape index (κ2) is 9.90. The average Bonchev–Trinajstić information content (AvgIpc) is 3.31. The highest BCUT2D eigenvalue weighted by Gasteiger charge is 2.45. The van der Waals surface area contributed by atoms with Crippen molar-refractivity contribution in [1.82, 2.24) is 15.0 Å². The van der Waals surface area contributed by atoms with Gasteiger partial charge in [-0.1, -0.05) is 53.7 Å². The van der Waals surface area contributed by atoms with E-state index in [1.165, 1.54) is 0 Å². The fourth-order valence-corrected chi connectivity index (χ4v) is 4.44. The molecule has 2 aromatic carbocycles. The van der Waals surface area contributed by atoms with Gasteiger partial charge in [-0.3, -0.25) is 9.59 Å². The summed E-state index contributed by atoms with van der Waals surface area (Å²) in [5.41, 5.74) is 0.925. The molecular weight excluding hydrogens is 418 g/mol. The summed E-state index contributed by atoms with van der Waals surface area (Å²) in [5.74, 6) is 1.14. The molecule has 1 aliphatic heterocycles. The van der Waals surface area contributed by atoms with Crippen molar-refractivity contribution in [3.8, 4) is 17.0 Å². The highest BCUT2D eigenvalue weighted by Crippen LogP contribution is 2.36. The number of amides is 2. The van der Waals surface area contributed by atoms with Crippen LogP contribution < -0.4 is 4.74 Å². The minimum absolute atomic E-state index is 0.0124. The summed E-state index contributed by atoms with van der Waals surface area (Å²) in [7, 11) is 3.50. The van der Waals surface area contributed by atoms with E-state index in [1.54, 1.807) is 23.9 Å². The SMILES string of the molecule is CN(C)C(=O)C1(Cc2cc(-c3ccccc3)no2)CCCN(C(=O)COc2ccccc2)C1. The van der Waals surface area contributed by atoms with Crippen LogP contribution in [0.1, 0.15) is 18.6 Å². The van der Waals surface area contributed by atoms with Crippen LogP contribution in [0.5, 0.6) is 5.75 Å². The number of piperidine rings is 1. The number of carbonyl (C=O) groups is 2. The summed E-state index contributed by atoms with van der Waals surface area (Å²) in [4.78, 5) is 29.6. The minimum atomic E-state index is -0.766. The lowest BCUT2D eigenvalue weighted by Gasteiger charge is -2.42. The summed E-state index contributed by atoms with van der Waals surface area (Å²) < 4.78 is 11.3. The highest BCUT2D eigenvalue weighted by atomic mass is 16.5. The topological polar surface area (TPSA) is 75.9 Å². The first-order valence-electron chi connectivity index (χ1n) is 11.2. The third kappa shape index (κ3) is 5.25. The fourth-order valence-electron chi connectivity index (χ4n) is 4.44. The van der Waals surface area contributed by atoms with Crippen molar-refractivity contribution in [2.75, 3.05) is 33.8 Å². The van der Waals surface area contributed by atoms with Crippen LogP contribution >= 0.6 is 0 Å². The largest absolute Gasteiger partial charge is 0.484 e. The molecule has 4 rings (SSSR count). The Bertz CT molecular complexity index is 1080. The number of likely N-dealkylation sites (tertiary alicyclic amines) is 1. The van der Waals surface area contributed by atoms with Gasteiger partial charge in [0.15, 0.2) is 6.61 Å². The maximum Gasteiger partial charge on any atom is 0.260 e. The molecule has 0 saturated carbocycles. The number of hydrogen-bond donors (Lipinski definition) is 0. The van der Waals surface area contributed by atoms with Gasteiger partial charge in [-0.05, 0) is 25.0 Å². The normalized spacial score (nSPS) is 18.1. The highest BCUT2D eigenvalue weighted by molar-refractivity contribution is 5.85. The monoisotopic (exact) mass is 447 g/mol. The van der Waals surface area contributed by atoms with Crippen LogP contribution in [0.4, 0.5) is 0 Å². The number of carbonyl (C=O) groups excluding carboxylic acids is 2. The van der Waals surface area contributed by atoms with Gasteiger partial charge < -0.3 is 19.1 Å². The maximum atomic E-state index is 13.3. The molecule has 0 bridgehead atoms. The second-order valence-electron chi connectivity index (χ2n) is 8.72. The lowest BCUT2D eigenvalue weighted by Crippen LogP contribution is -2.54. The van der Waals surface area contributed by atoms with Crippen LogP contribution in [-0.2, 0) is 16.0 Å². The first-order valence-corrected chi connectivity index (χ1v) is 11.2. The Labute approximate surface area is 193 Å². The van der Waals surface area contributed by atoms with Gasteiger partial charge in [-0.15, -0.1) is 0 Å². The quantitative estimate of drug-likeness (QED) is 0.553. The Morgan fingerprint density at radius 3 is 2.48 bits per heavy atom. The van der Waals surface area contributed by atoms with Crippen LogP contribution in [0.2, 0.25) is 0 Å². The zero-order valence-electron chi connectivity index (χ0n) is 19.1. The van der Waals surface area contributed by atoms with Gasteiger partial charge in [0.05, 0.1) is 5.41 Å². The number of ether oxygens (including phenoxy) is 1. The van der Waals surface area contributed by atoms with Gasteiger partial charge in [0.25, 0.3) is 5.91 Å². The van der Waals surface area contributed by atoms with E-state index in [9.17, 15) is 9.59 Å². The van der Waals surface area contributed by atoms with E-state index in [4.69, 9.17) is 9.26 Å². The zero-order chi connectivity index (χ0) is 23.3. The Morgan fingerprint density at radius 2 is 1.79 bits per heavy atom. The van der Waals surface area contributed by atoms with Crippen LogP contribution in [-0.4, -0.2) is 60.6 Å². The van der Waals surface area contributed by atoms with Crippen LogP contribution in [0.3, 0.4) is 0 Å². The third-order valence-electron chi connectivity index (χ3n) is 6.04. The molecule has 1 saturated heterocycles. The molecule has 1 unspecified atom stereocenters. The molecule has 1 aromatic heterocycles. The summed E-state index contributed by atoms with van der Waals surface area (Å²) in [5, 5.41) is 4.20. The molecule has 0 aliphatic carbocycles.